The lowest BCUT2D eigenvalue weighted by molar-refractivity contribution is -0.384. The molecule has 9 nitrogen and oxygen atoms in total. The molecule has 0 atom stereocenters. The molecule has 1 N–H and O–H groups in total. The van der Waals surface area contributed by atoms with Gasteiger partial charge in [0, 0.05) is 12.1 Å². The molecule has 10 heteroatoms. The average molecular weight is 398 g/mol. The number of non-ortho nitro benzene ring substituents is 1. The Bertz CT molecular complexity index is 1050. The third-order valence-electron chi connectivity index (χ3n) is 4.06. The maximum atomic E-state index is 12.3. The SMILES string of the molecule is Cc1ccc(-n2nnnc2SCC(=O)Nc2cc([N+](=O)[O-])ccc2C)c(C)c1. The number of hydrogen-bond acceptors (Lipinski definition) is 7. The molecule has 0 aliphatic carbocycles. The van der Waals surface area contributed by atoms with E-state index < -0.39 is 4.92 Å². The zero-order chi connectivity index (χ0) is 20.3. The Labute approximate surface area is 165 Å². The third kappa shape index (κ3) is 4.34. The minimum atomic E-state index is -0.498. The fraction of sp³-hybridized carbons (Fsp3) is 0.222. The normalized spacial score (nSPS) is 10.7. The number of amides is 1. The zero-order valence-electron chi connectivity index (χ0n) is 15.5. The predicted molar refractivity (Wildman–Crippen MR) is 106 cm³/mol. The maximum absolute atomic E-state index is 12.3. The van der Waals surface area contributed by atoms with E-state index >= 15 is 0 Å². The van der Waals surface area contributed by atoms with Crippen molar-refractivity contribution in [2.45, 2.75) is 25.9 Å². The molecule has 0 saturated carbocycles. The standard InChI is InChI=1S/C18H18N6O3S/c1-11-4-7-16(13(3)8-11)23-18(20-21-22-23)28-10-17(25)19-15-9-14(24(26)27)6-5-12(15)2/h4-9H,10H2,1-3H3,(H,19,25). The largest absolute Gasteiger partial charge is 0.325 e. The van der Waals surface area contributed by atoms with Gasteiger partial charge in [-0.1, -0.05) is 35.5 Å². The van der Waals surface area contributed by atoms with Crippen LogP contribution in [0.2, 0.25) is 0 Å². The highest BCUT2D eigenvalue weighted by Crippen LogP contribution is 2.24. The van der Waals surface area contributed by atoms with E-state index in [-0.39, 0.29) is 17.3 Å². The molecule has 1 amide bonds. The van der Waals surface area contributed by atoms with Crippen LogP contribution in [0.5, 0.6) is 0 Å². The van der Waals surface area contributed by atoms with Crippen LogP contribution in [0.25, 0.3) is 5.69 Å². The van der Waals surface area contributed by atoms with Crippen molar-refractivity contribution in [3.8, 4) is 5.69 Å². The van der Waals surface area contributed by atoms with E-state index in [2.05, 4.69) is 20.8 Å². The first-order valence-electron chi connectivity index (χ1n) is 8.39. The average Bonchev–Trinajstić information content (AvgIpc) is 3.10. The van der Waals surface area contributed by atoms with Crippen LogP contribution < -0.4 is 5.32 Å². The number of nitro benzene ring substituents is 1. The van der Waals surface area contributed by atoms with E-state index in [1.54, 1.807) is 17.7 Å². The smallest absolute Gasteiger partial charge is 0.271 e. The number of hydrogen-bond donors (Lipinski definition) is 1. The number of carbonyl (C=O) groups is 1. The highest BCUT2D eigenvalue weighted by Gasteiger charge is 2.15. The van der Waals surface area contributed by atoms with E-state index in [1.807, 2.05) is 32.0 Å². The quantitative estimate of drug-likeness (QED) is 0.385. The number of aryl methyl sites for hydroxylation is 3. The van der Waals surface area contributed by atoms with E-state index in [0.29, 0.717) is 10.8 Å². The number of benzene rings is 2. The van der Waals surface area contributed by atoms with Crippen LogP contribution in [-0.2, 0) is 4.79 Å². The van der Waals surface area contributed by atoms with Gasteiger partial charge in [-0.15, -0.1) is 5.10 Å². The topological polar surface area (TPSA) is 116 Å². The van der Waals surface area contributed by atoms with E-state index in [9.17, 15) is 14.9 Å². The molecule has 0 saturated heterocycles. The lowest BCUT2D eigenvalue weighted by atomic mass is 10.1. The Morgan fingerprint density at radius 1 is 1.18 bits per heavy atom. The van der Waals surface area contributed by atoms with Gasteiger partial charge in [0.15, 0.2) is 0 Å². The highest BCUT2D eigenvalue weighted by atomic mass is 32.2. The molecule has 2 aromatic carbocycles. The highest BCUT2D eigenvalue weighted by molar-refractivity contribution is 7.99. The Morgan fingerprint density at radius 3 is 2.68 bits per heavy atom. The minimum Gasteiger partial charge on any atom is -0.325 e. The first kappa shape index (κ1) is 19.5. The fourth-order valence-electron chi connectivity index (χ4n) is 2.64. The van der Waals surface area contributed by atoms with E-state index in [0.717, 1.165) is 22.4 Å². The van der Waals surface area contributed by atoms with Crippen molar-refractivity contribution in [3.63, 3.8) is 0 Å². The van der Waals surface area contributed by atoms with Crippen LogP contribution >= 0.6 is 11.8 Å². The molecule has 28 heavy (non-hydrogen) atoms. The molecule has 0 fully saturated rings. The molecule has 1 heterocycles. The summed E-state index contributed by atoms with van der Waals surface area (Å²) in [5.41, 5.74) is 4.07. The summed E-state index contributed by atoms with van der Waals surface area (Å²) in [5, 5.41) is 25.8. The van der Waals surface area contributed by atoms with Crippen molar-refractivity contribution in [1.82, 2.24) is 20.2 Å². The molecule has 0 radical (unpaired) electrons. The second kappa shape index (κ2) is 8.17. The van der Waals surface area contributed by atoms with Crippen molar-refractivity contribution in [3.05, 3.63) is 63.2 Å². The Morgan fingerprint density at radius 2 is 1.96 bits per heavy atom. The number of thioether (sulfide) groups is 1. The monoisotopic (exact) mass is 398 g/mol. The number of anilines is 1. The predicted octanol–water partition coefficient (Wildman–Crippen LogP) is 3.23. The molecule has 3 rings (SSSR count). The van der Waals surface area contributed by atoms with Crippen LogP contribution in [0.1, 0.15) is 16.7 Å². The number of carbonyl (C=O) groups excluding carboxylic acids is 1. The van der Waals surface area contributed by atoms with Crippen molar-refractivity contribution >= 4 is 29.0 Å². The molecule has 144 valence electrons. The zero-order valence-corrected chi connectivity index (χ0v) is 16.4. The van der Waals surface area contributed by atoms with Crippen LogP contribution in [0.3, 0.4) is 0 Å². The summed E-state index contributed by atoms with van der Waals surface area (Å²) in [5.74, 6) is -0.239. The molecule has 0 unspecified atom stereocenters. The number of tetrazole rings is 1. The maximum Gasteiger partial charge on any atom is 0.271 e. The first-order valence-corrected chi connectivity index (χ1v) is 9.37. The van der Waals surface area contributed by atoms with Crippen LogP contribution in [-0.4, -0.2) is 36.8 Å². The van der Waals surface area contributed by atoms with Gasteiger partial charge in [-0.2, -0.15) is 4.68 Å². The number of nitrogens with one attached hydrogen (secondary N) is 1. The summed E-state index contributed by atoms with van der Waals surface area (Å²) in [7, 11) is 0. The Hall–Kier alpha value is -3.27. The van der Waals surface area contributed by atoms with Crippen molar-refractivity contribution in [2.24, 2.45) is 0 Å². The first-order chi connectivity index (χ1) is 13.3. The number of nitro groups is 1. The summed E-state index contributed by atoms with van der Waals surface area (Å²) in [6.07, 6.45) is 0. The van der Waals surface area contributed by atoms with E-state index in [1.165, 1.54) is 23.9 Å². The fourth-order valence-corrected chi connectivity index (χ4v) is 3.32. The van der Waals surface area contributed by atoms with Crippen LogP contribution in [0.15, 0.2) is 41.6 Å². The van der Waals surface area contributed by atoms with Crippen molar-refractivity contribution < 1.29 is 9.72 Å². The molecule has 0 aliphatic heterocycles. The summed E-state index contributed by atoms with van der Waals surface area (Å²) in [6, 6.07) is 10.3. The van der Waals surface area contributed by atoms with Gasteiger partial charge < -0.3 is 5.32 Å². The lowest BCUT2D eigenvalue weighted by Gasteiger charge is -2.09. The number of rotatable bonds is 6. The second-order valence-electron chi connectivity index (χ2n) is 6.26. The van der Waals surface area contributed by atoms with Gasteiger partial charge in [0.05, 0.1) is 22.1 Å². The summed E-state index contributed by atoms with van der Waals surface area (Å²) in [6.45, 7) is 5.75. The van der Waals surface area contributed by atoms with Crippen molar-refractivity contribution in [1.29, 1.82) is 0 Å². The van der Waals surface area contributed by atoms with Gasteiger partial charge >= 0.3 is 0 Å². The summed E-state index contributed by atoms with van der Waals surface area (Å²) in [4.78, 5) is 22.7. The van der Waals surface area contributed by atoms with Crippen LogP contribution in [0, 0.1) is 30.9 Å². The number of aromatic nitrogens is 4. The second-order valence-corrected chi connectivity index (χ2v) is 7.20. The van der Waals surface area contributed by atoms with Gasteiger partial charge in [-0.3, -0.25) is 14.9 Å². The molecule has 0 aliphatic rings. The van der Waals surface area contributed by atoms with Gasteiger partial charge in [0.2, 0.25) is 11.1 Å². The van der Waals surface area contributed by atoms with Gasteiger partial charge in [0.1, 0.15) is 0 Å². The minimum absolute atomic E-state index is 0.0629. The van der Waals surface area contributed by atoms with E-state index in [4.69, 9.17) is 0 Å². The summed E-state index contributed by atoms with van der Waals surface area (Å²) < 4.78 is 1.59. The van der Waals surface area contributed by atoms with Gasteiger partial charge in [-0.05, 0) is 48.4 Å². The molecule has 3 aromatic rings. The third-order valence-corrected chi connectivity index (χ3v) is 4.98. The molecular formula is C18H18N6O3S. The number of nitrogens with zero attached hydrogens (tertiary/aromatic N) is 5. The van der Waals surface area contributed by atoms with Gasteiger partial charge in [0.25, 0.3) is 5.69 Å². The van der Waals surface area contributed by atoms with Gasteiger partial charge in [-0.25, -0.2) is 0 Å². The Balaban J connectivity index is 1.70. The molecular weight excluding hydrogens is 380 g/mol. The van der Waals surface area contributed by atoms with Crippen LogP contribution in [0.4, 0.5) is 11.4 Å². The molecule has 0 bridgehead atoms. The lowest BCUT2D eigenvalue weighted by Crippen LogP contribution is -2.15. The molecule has 1 aromatic heterocycles. The summed E-state index contributed by atoms with van der Waals surface area (Å²) >= 11 is 1.19. The molecule has 0 spiro atoms. The Kier molecular flexibility index (Phi) is 5.69. The van der Waals surface area contributed by atoms with Crippen molar-refractivity contribution in [2.75, 3.05) is 11.1 Å².